The van der Waals surface area contributed by atoms with Gasteiger partial charge in [0.1, 0.15) is 0 Å². The summed E-state index contributed by atoms with van der Waals surface area (Å²) in [5.74, 6) is -1.01. The van der Waals surface area contributed by atoms with E-state index in [1.165, 1.54) is 0 Å². The Morgan fingerprint density at radius 3 is 0.694 bits per heavy atom. The molecular formula is C32H83N14P3. The fraction of sp³-hybridized carbons (Fsp3) is 1.00. The van der Waals surface area contributed by atoms with Crippen molar-refractivity contribution in [3.8, 4) is 0 Å². The minimum atomic E-state index is -2.35. The molecule has 14 nitrogen and oxygen atoms in total. The quantitative estimate of drug-likeness (QED) is 0.134. The molecule has 0 aromatic rings. The van der Waals surface area contributed by atoms with E-state index in [2.05, 4.69) is 240 Å². The topological polar surface area (TPSA) is 63.6 Å². The zero-order chi connectivity index (χ0) is 39.5. The van der Waals surface area contributed by atoms with Crippen molar-refractivity contribution < 1.29 is 0 Å². The van der Waals surface area contributed by atoms with Crippen LogP contribution in [0.2, 0.25) is 0 Å². The number of nitrogens with zero attached hydrogens (tertiary/aromatic N) is 14. The Balaban J connectivity index is 7.24. The average Bonchev–Trinajstić information content (AvgIpc) is 2.87. The highest BCUT2D eigenvalue weighted by atomic mass is 31.2. The maximum absolute atomic E-state index is 5.76. The van der Waals surface area contributed by atoms with Crippen LogP contribution >= 0.6 is 23.6 Å². The molecule has 0 rings (SSSR count). The normalized spacial score (nSPS) is 15.1. The summed E-state index contributed by atoms with van der Waals surface area (Å²) in [7, 11) is 43.6. The fourth-order valence-corrected chi connectivity index (χ4v) is 18.8. The van der Waals surface area contributed by atoms with Crippen molar-refractivity contribution in [2.45, 2.75) is 49.8 Å². The Bertz CT molecular complexity index is 977. The van der Waals surface area contributed by atoms with Gasteiger partial charge in [-0.05, 0) is 155 Å². The van der Waals surface area contributed by atoms with Gasteiger partial charge in [-0.25, -0.2) is 9.34 Å². The van der Waals surface area contributed by atoms with Gasteiger partial charge in [0.25, 0.3) is 0 Å². The molecule has 0 spiro atoms. The van der Waals surface area contributed by atoms with Gasteiger partial charge in [0.05, 0.1) is 13.1 Å². The Hall–Kier alpha value is 0.410. The minimum absolute atomic E-state index is 0.0436. The first-order chi connectivity index (χ1) is 21.9. The average molecular weight is 757 g/mol. The van der Waals surface area contributed by atoms with Crippen LogP contribution in [0.4, 0.5) is 0 Å². The molecule has 0 radical (unpaired) electrons. The lowest BCUT2D eigenvalue weighted by molar-refractivity contribution is -0.179. The van der Waals surface area contributed by atoms with Gasteiger partial charge in [0.15, 0.2) is 26.8 Å². The molecule has 0 saturated heterocycles. The third-order valence-electron chi connectivity index (χ3n) is 9.41. The summed E-state index contributed by atoms with van der Waals surface area (Å²) in [5.41, 5.74) is 0. The third-order valence-corrected chi connectivity index (χ3v) is 18.6. The Morgan fingerprint density at radius 2 is 0.551 bits per heavy atom. The zero-order valence-electron chi connectivity index (χ0n) is 37.1. The zero-order valence-corrected chi connectivity index (χ0v) is 39.9. The van der Waals surface area contributed by atoms with Gasteiger partial charge in [0, 0.05) is 10.3 Å². The van der Waals surface area contributed by atoms with E-state index >= 15 is 0 Å². The van der Waals surface area contributed by atoms with Crippen LogP contribution in [0.25, 0.3) is 0 Å². The second-order valence-corrected chi connectivity index (χ2v) is 26.6. The van der Waals surface area contributed by atoms with Crippen molar-refractivity contribution in [2.75, 3.05) is 168 Å². The summed E-state index contributed by atoms with van der Waals surface area (Å²) in [6.07, 6.45) is 0. The van der Waals surface area contributed by atoms with Crippen LogP contribution < -0.4 is 0 Å². The maximum Gasteiger partial charge on any atom is 0.196 e. The molecule has 0 aromatic carbocycles. The molecule has 0 aliphatic carbocycles. The Kier molecular flexibility index (Phi) is 18.3. The Morgan fingerprint density at radius 1 is 0.367 bits per heavy atom. The minimum Gasteiger partial charge on any atom is -0.266 e. The molecule has 0 unspecified atom stereocenters. The number of hydrogen-bond donors (Lipinski definition) is 0. The molecule has 0 bridgehead atoms. The van der Waals surface area contributed by atoms with E-state index in [0.717, 1.165) is 13.1 Å². The standard InChI is InChI=1S/C32H83N14P3/c1-29(2,27-33-48(41(17)18,42(19)20)45(25)31(35(5)6,36(7)8)37(9)10)47-30(3,4)28-34-49(43(21)22,44(23)24)46(26)32(38(11)12,39(13)14)40(15)16/h47H,27-28H2,1-26H3. The van der Waals surface area contributed by atoms with E-state index in [1.54, 1.807) is 0 Å². The monoisotopic (exact) mass is 757 g/mol. The van der Waals surface area contributed by atoms with E-state index in [1.807, 2.05) is 0 Å². The van der Waals surface area contributed by atoms with Crippen LogP contribution in [0.3, 0.4) is 0 Å². The summed E-state index contributed by atoms with van der Waals surface area (Å²) in [5, 5.41) is -0.0872. The second-order valence-electron chi connectivity index (χ2n) is 16.6. The highest BCUT2D eigenvalue weighted by Crippen LogP contribution is 2.62. The Labute approximate surface area is 307 Å². The molecule has 0 N–H and O–H groups in total. The fourth-order valence-electron chi connectivity index (χ4n) is 8.52. The van der Waals surface area contributed by atoms with Crippen LogP contribution in [-0.4, -0.2) is 248 Å². The van der Waals surface area contributed by atoms with Crippen molar-refractivity contribution in [3.63, 3.8) is 0 Å². The van der Waals surface area contributed by atoms with E-state index in [9.17, 15) is 0 Å². The molecule has 296 valence electrons. The van der Waals surface area contributed by atoms with Crippen molar-refractivity contribution >= 4 is 23.6 Å². The molecule has 0 aliphatic heterocycles. The second kappa shape index (κ2) is 18.2. The third kappa shape index (κ3) is 9.56. The van der Waals surface area contributed by atoms with E-state index < -0.39 is 26.8 Å². The summed E-state index contributed by atoms with van der Waals surface area (Å²) in [4.78, 5) is 13.7. The van der Waals surface area contributed by atoms with Crippen LogP contribution in [-0.2, 0) is 0 Å². The molecule has 0 aromatic heterocycles. The lowest BCUT2D eigenvalue weighted by Gasteiger charge is -2.59. The van der Waals surface area contributed by atoms with Gasteiger partial charge < -0.3 is 0 Å². The van der Waals surface area contributed by atoms with E-state index in [-0.39, 0.29) is 10.3 Å². The summed E-state index contributed by atoms with van der Waals surface area (Å²) in [6.45, 7) is 11.0. The molecule has 0 heterocycles. The maximum atomic E-state index is 5.76. The van der Waals surface area contributed by atoms with Gasteiger partial charge >= 0.3 is 0 Å². The van der Waals surface area contributed by atoms with Crippen LogP contribution in [0.15, 0.2) is 9.49 Å². The largest absolute Gasteiger partial charge is 0.266 e. The first kappa shape index (κ1) is 49.4. The van der Waals surface area contributed by atoms with E-state index in [0.29, 0.717) is 8.58 Å². The van der Waals surface area contributed by atoms with Crippen molar-refractivity contribution in [2.24, 2.45) is 9.49 Å². The molecule has 0 amide bonds. The summed E-state index contributed by atoms with van der Waals surface area (Å²) >= 11 is 0. The number of rotatable bonds is 20. The van der Waals surface area contributed by atoms with Crippen LogP contribution in [0, 0.1) is 0 Å². The molecule has 17 heteroatoms. The summed E-state index contributed by atoms with van der Waals surface area (Å²) in [6, 6.07) is 0. The predicted octanol–water partition coefficient (Wildman–Crippen LogP) is 3.82. The lowest BCUT2D eigenvalue weighted by Crippen LogP contribution is -2.72. The van der Waals surface area contributed by atoms with Crippen molar-refractivity contribution in [3.05, 3.63) is 0 Å². The van der Waals surface area contributed by atoms with Crippen LogP contribution in [0.5, 0.6) is 0 Å². The van der Waals surface area contributed by atoms with Gasteiger partial charge in [-0.1, -0.05) is 27.7 Å². The van der Waals surface area contributed by atoms with Crippen molar-refractivity contribution in [1.29, 1.82) is 0 Å². The van der Waals surface area contributed by atoms with E-state index in [4.69, 9.17) is 9.49 Å². The highest BCUT2D eigenvalue weighted by molar-refractivity contribution is 7.59. The molecule has 0 saturated carbocycles. The summed E-state index contributed by atoms with van der Waals surface area (Å²) < 4.78 is 25.8. The van der Waals surface area contributed by atoms with Crippen molar-refractivity contribution in [1.82, 2.24) is 57.4 Å². The predicted molar refractivity (Wildman–Crippen MR) is 223 cm³/mol. The first-order valence-electron chi connectivity index (χ1n) is 17.1. The van der Waals surface area contributed by atoms with Gasteiger partial charge in [-0.15, -0.1) is 8.58 Å². The lowest BCUT2D eigenvalue weighted by atomic mass is 10.2. The van der Waals surface area contributed by atoms with Gasteiger partial charge in [0.2, 0.25) is 0 Å². The highest BCUT2D eigenvalue weighted by Gasteiger charge is 2.52. The van der Waals surface area contributed by atoms with Gasteiger partial charge in [-0.3, -0.25) is 57.6 Å². The molecule has 0 aliphatic rings. The number of hydrogen-bond acceptors (Lipinski definition) is 8. The molecule has 0 atom stereocenters. The first-order valence-corrected chi connectivity index (χ1v) is 21.3. The molecule has 49 heavy (non-hydrogen) atoms. The molecule has 0 fully saturated rings. The SMILES string of the molecule is CN(C)C(N(C)C)(N(C)C)N(C)P(=NCC(C)(C)PC(C)(C)CN=P(N(C)C)(N(C)C)N(C)C(N(C)C)(N(C)C)N(C)C)(N(C)C)N(C)C. The smallest absolute Gasteiger partial charge is 0.196 e. The van der Waals surface area contributed by atoms with Gasteiger partial charge in [-0.2, -0.15) is 0 Å². The van der Waals surface area contributed by atoms with Crippen LogP contribution in [0.1, 0.15) is 27.7 Å². The molecular weight excluding hydrogens is 673 g/mol.